The Balaban J connectivity index is 2.28. The maximum atomic E-state index is 5.82. The molecule has 2 aromatic carbocycles. The fraction of sp³-hybridized carbons (Fsp3) is 0.200. The van der Waals surface area contributed by atoms with Crippen molar-refractivity contribution >= 4 is 0 Å². The summed E-state index contributed by atoms with van der Waals surface area (Å²) in [6.45, 7) is 4.31. The maximum Gasteiger partial charge on any atom is 0.138 e. The minimum atomic E-state index is 0.441. The lowest BCUT2D eigenvalue weighted by Gasteiger charge is -2.12. The summed E-state index contributed by atoms with van der Waals surface area (Å²) >= 11 is 0. The Morgan fingerprint density at radius 3 is 2.44 bits per heavy atom. The summed E-state index contributed by atoms with van der Waals surface area (Å²) in [6, 6.07) is 18.9. The molecular weight excluding hydrogens is 196 g/mol. The third kappa shape index (κ3) is 2.43. The fourth-order valence-corrected chi connectivity index (χ4v) is 1.58. The van der Waals surface area contributed by atoms with Gasteiger partial charge in [0.15, 0.2) is 0 Å². The average molecular weight is 211 g/mol. The SMILES string of the molecule is CC(C)c1ccc[c]c1Oc1ccccc1. The molecular formula is C15H15O. The van der Waals surface area contributed by atoms with Crippen LogP contribution in [0.15, 0.2) is 48.5 Å². The number of hydrogen-bond donors (Lipinski definition) is 0. The molecule has 0 spiro atoms. The molecule has 1 radical (unpaired) electrons. The maximum absolute atomic E-state index is 5.82. The van der Waals surface area contributed by atoms with E-state index in [4.69, 9.17) is 4.74 Å². The van der Waals surface area contributed by atoms with Crippen LogP contribution in [0, 0.1) is 6.07 Å². The first-order chi connectivity index (χ1) is 7.77. The minimum absolute atomic E-state index is 0.441. The highest BCUT2D eigenvalue weighted by Gasteiger charge is 2.07. The van der Waals surface area contributed by atoms with Gasteiger partial charge in [0.1, 0.15) is 11.5 Å². The molecule has 0 heterocycles. The lowest BCUT2D eigenvalue weighted by molar-refractivity contribution is 0.472. The van der Waals surface area contributed by atoms with Crippen LogP contribution in [0.25, 0.3) is 0 Å². The van der Waals surface area contributed by atoms with Crippen LogP contribution in [0.4, 0.5) is 0 Å². The predicted octanol–water partition coefficient (Wildman–Crippen LogP) is 4.40. The Hall–Kier alpha value is -1.76. The number of rotatable bonds is 3. The van der Waals surface area contributed by atoms with Crippen molar-refractivity contribution in [3.63, 3.8) is 0 Å². The molecule has 0 N–H and O–H groups in total. The Kier molecular flexibility index (Phi) is 3.25. The monoisotopic (exact) mass is 211 g/mol. The Morgan fingerprint density at radius 2 is 1.75 bits per heavy atom. The predicted molar refractivity (Wildman–Crippen MR) is 65.9 cm³/mol. The molecule has 81 valence electrons. The summed E-state index contributed by atoms with van der Waals surface area (Å²) in [4.78, 5) is 0. The summed E-state index contributed by atoms with van der Waals surface area (Å²) in [5.41, 5.74) is 1.19. The quantitative estimate of drug-likeness (QED) is 0.731. The zero-order valence-electron chi connectivity index (χ0n) is 9.60. The highest BCUT2D eigenvalue weighted by molar-refractivity contribution is 5.38. The van der Waals surface area contributed by atoms with Gasteiger partial charge in [-0.2, -0.15) is 0 Å². The Labute approximate surface area is 96.7 Å². The van der Waals surface area contributed by atoms with E-state index < -0.39 is 0 Å². The molecule has 0 amide bonds. The molecule has 0 atom stereocenters. The first-order valence-electron chi connectivity index (χ1n) is 5.51. The molecule has 0 fully saturated rings. The van der Waals surface area contributed by atoms with Gasteiger partial charge < -0.3 is 4.74 Å². The van der Waals surface area contributed by atoms with E-state index >= 15 is 0 Å². The second kappa shape index (κ2) is 4.84. The van der Waals surface area contributed by atoms with E-state index in [1.165, 1.54) is 5.56 Å². The fourth-order valence-electron chi connectivity index (χ4n) is 1.58. The van der Waals surface area contributed by atoms with E-state index in [9.17, 15) is 0 Å². The van der Waals surface area contributed by atoms with Crippen molar-refractivity contribution in [1.82, 2.24) is 0 Å². The van der Waals surface area contributed by atoms with Crippen molar-refractivity contribution in [2.75, 3.05) is 0 Å². The molecule has 16 heavy (non-hydrogen) atoms. The van der Waals surface area contributed by atoms with Crippen LogP contribution in [-0.4, -0.2) is 0 Å². The van der Waals surface area contributed by atoms with Gasteiger partial charge in [-0.05, 0) is 23.6 Å². The van der Waals surface area contributed by atoms with Crippen molar-refractivity contribution in [2.24, 2.45) is 0 Å². The molecule has 0 saturated heterocycles. The summed E-state index contributed by atoms with van der Waals surface area (Å²) < 4.78 is 5.82. The van der Waals surface area contributed by atoms with Crippen molar-refractivity contribution in [3.05, 3.63) is 60.2 Å². The molecule has 1 nitrogen and oxygen atoms in total. The van der Waals surface area contributed by atoms with Crippen LogP contribution < -0.4 is 4.74 Å². The molecule has 0 aliphatic heterocycles. The van der Waals surface area contributed by atoms with Crippen LogP contribution in [-0.2, 0) is 0 Å². The van der Waals surface area contributed by atoms with E-state index in [-0.39, 0.29) is 0 Å². The van der Waals surface area contributed by atoms with Gasteiger partial charge in [0.25, 0.3) is 0 Å². The van der Waals surface area contributed by atoms with Gasteiger partial charge in [-0.1, -0.05) is 50.2 Å². The molecule has 0 bridgehead atoms. The summed E-state index contributed by atoms with van der Waals surface area (Å²) in [5.74, 6) is 2.12. The van der Waals surface area contributed by atoms with E-state index in [0.717, 1.165) is 11.5 Å². The summed E-state index contributed by atoms with van der Waals surface area (Å²) in [6.07, 6.45) is 0. The Bertz CT molecular complexity index is 446. The van der Waals surface area contributed by atoms with Crippen molar-refractivity contribution in [1.29, 1.82) is 0 Å². The number of ether oxygens (including phenoxy) is 1. The molecule has 0 aromatic heterocycles. The lowest BCUT2D eigenvalue weighted by Crippen LogP contribution is -1.93. The Morgan fingerprint density at radius 1 is 1.00 bits per heavy atom. The average Bonchev–Trinajstić information content (AvgIpc) is 2.31. The van der Waals surface area contributed by atoms with Gasteiger partial charge in [0.05, 0.1) is 0 Å². The largest absolute Gasteiger partial charge is 0.456 e. The van der Waals surface area contributed by atoms with Crippen molar-refractivity contribution in [2.45, 2.75) is 19.8 Å². The standard InChI is InChI=1S/C15H15O/c1-12(2)14-10-6-7-11-15(14)16-13-8-4-3-5-9-13/h3-10,12H,1-2H3. The molecule has 2 aromatic rings. The second-order valence-corrected chi connectivity index (χ2v) is 4.02. The first-order valence-corrected chi connectivity index (χ1v) is 5.51. The van der Waals surface area contributed by atoms with Crippen molar-refractivity contribution in [3.8, 4) is 11.5 Å². The van der Waals surface area contributed by atoms with Gasteiger partial charge in [0.2, 0.25) is 0 Å². The molecule has 0 aliphatic carbocycles. The molecule has 0 aliphatic rings. The third-order valence-electron chi connectivity index (χ3n) is 2.43. The van der Waals surface area contributed by atoms with Gasteiger partial charge >= 0.3 is 0 Å². The zero-order valence-corrected chi connectivity index (χ0v) is 9.60. The smallest absolute Gasteiger partial charge is 0.138 e. The second-order valence-electron chi connectivity index (χ2n) is 4.02. The number of hydrogen-bond acceptors (Lipinski definition) is 1. The molecule has 1 heteroatoms. The number of benzene rings is 2. The van der Waals surface area contributed by atoms with Crippen LogP contribution in [0.1, 0.15) is 25.3 Å². The van der Waals surface area contributed by atoms with E-state index in [2.05, 4.69) is 26.0 Å². The lowest BCUT2D eigenvalue weighted by atomic mass is 10.0. The van der Waals surface area contributed by atoms with E-state index in [1.54, 1.807) is 0 Å². The number of para-hydroxylation sites is 2. The zero-order chi connectivity index (χ0) is 11.4. The van der Waals surface area contributed by atoms with Crippen LogP contribution in [0.3, 0.4) is 0 Å². The summed E-state index contributed by atoms with van der Waals surface area (Å²) in [7, 11) is 0. The first kappa shape index (κ1) is 10.7. The normalized spacial score (nSPS) is 10.4. The highest BCUT2D eigenvalue weighted by atomic mass is 16.5. The van der Waals surface area contributed by atoms with E-state index in [0.29, 0.717) is 5.92 Å². The van der Waals surface area contributed by atoms with Gasteiger partial charge in [-0.3, -0.25) is 0 Å². The van der Waals surface area contributed by atoms with Gasteiger partial charge in [0, 0.05) is 6.07 Å². The third-order valence-corrected chi connectivity index (χ3v) is 2.43. The van der Waals surface area contributed by atoms with Gasteiger partial charge in [-0.15, -0.1) is 0 Å². The summed E-state index contributed by atoms with van der Waals surface area (Å²) in [5, 5.41) is 0. The van der Waals surface area contributed by atoms with Crippen LogP contribution >= 0.6 is 0 Å². The van der Waals surface area contributed by atoms with Crippen LogP contribution in [0.2, 0.25) is 0 Å². The van der Waals surface area contributed by atoms with E-state index in [1.807, 2.05) is 42.5 Å². The van der Waals surface area contributed by atoms with Crippen LogP contribution in [0.5, 0.6) is 11.5 Å². The minimum Gasteiger partial charge on any atom is -0.456 e. The van der Waals surface area contributed by atoms with Crippen molar-refractivity contribution < 1.29 is 4.74 Å². The van der Waals surface area contributed by atoms with Gasteiger partial charge in [-0.25, -0.2) is 0 Å². The molecule has 0 unspecified atom stereocenters. The molecule has 0 saturated carbocycles. The topological polar surface area (TPSA) is 9.23 Å². The molecule has 2 rings (SSSR count). The highest BCUT2D eigenvalue weighted by Crippen LogP contribution is 2.29.